The number of hydrogen-bond acceptors (Lipinski definition) is 7. The van der Waals surface area contributed by atoms with Gasteiger partial charge in [-0.25, -0.2) is 4.98 Å². The van der Waals surface area contributed by atoms with Crippen molar-refractivity contribution in [1.82, 2.24) is 4.98 Å². The molecule has 3 heterocycles. The van der Waals surface area contributed by atoms with Crippen LogP contribution in [-0.2, 0) is 29.1 Å². The summed E-state index contributed by atoms with van der Waals surface area (Å²) in [5, 5.41) is 8.16. The molecule has 0 radical (unpaired) electrons. The molecule has 7 nitrogen and oxygen atoms in total. The molecule has 0 bridgehead atoms. The molecule has 0 atom stereocenters. The second-order valence-electron chi connectivity index (χ2n) is 7.76. The van der Waals surface area contributed by atoms with E-state index < -0.39 is 21.9 Å². The average molecular weight is 483 g/mol. The Hall–Kier alpha value is -2.57. The average Bonchev–Trinajstić information content (AvgIpc) is 3.13. The fourth-order valence-corrected chi connectivity index (χ4v) is 6.10. The molecule has 0 fully saturated rings. The third kappa shape index (κ3) is 3.76. The molecule has 0 unspecified atom stereocenters. The third-order valence-corrected chi connectivity index (χ3v) is 7.53. The number of azo groups is 1. The SMILES string of the molecule is O=S(=O)(O)c1c(N=Nc2nc3ccc(C(F)(F)F)cc3s2)cc2c3c1CCCN3CCC2. The Morgan fingerprint density at radius 3 is 2.56 bits per heavy atom. The Bertz CT molecular complexity index is 1360. The number of aryl methyl sites for hydroxylation is 1. The molecule has 1 N–H and O–H groups in total. The highest BCUT2D eigenvalue weighted by atomic mass is 32.2. The van der Waals surface area contributed by atoms with Crippen molar-refractivity contribution in [3.63, 3.8) is 0 Å². The summed E-state index contributed by atoms with van der Waals surface area (Å²) in [7, 11) is -4.57. The van der Waals surface area contributed by atoms with Gasteiger partial charge in [-0.05, 0) is 61.1 Å². The van der Waals surface area contributed by atoms with Crippen LogP contribution < -0.4 is 4.90 Å². The molecule has 0 amide bonds. The molecule has 5 rings (SSSR count). The first-order valence-electron chi connectivity index (χ1n) is 9.92. The van der Waals surface area contributed by atoms with E-state index in [-0.39, 0.29) is 15.7 Å². The van der Waals surface area contributed by atoms with Crippen LogP contribution in [0.15, 0.2) is 39.4 Å². The summed E-state index contributed by atoms with van der Waals surface area (Å²) >= 11 is 0.919. The maximum atomic E-state index is 12.9. The fourth-order valence-electron chi connectivity index (χ4n) is 4.40. The summed E-state index contributed by atoms with van der Waals surface area (Å²) in [6, 6.07) is 4.82. The van der Waals surface area contributed by atoms with Crippen LogP contribution in [0.2, 0.25) is 0 Å². The Morgan fingerprint density at radius 2 is 1.84 bits per heavy atom. The zero-order valence-electron chi connectivity index (χ0n) is 16.6. The number of alkyl halides is 3. The summed E-state index contributed by atoms with van der Waals surface area (Å²) in [6.45, 7) is 1.66. The van der Waals surface area contributed by atoms with Gasteiger partial charge in [-0.1, -0.05) is 11.3 Å². The van der Waals surface area contributed by atoms with E-state index in [0.29, 0.717) is 22.2 Å². The highest BCUT2D eigenvalue weighted by Gasteiger charge is 2.33. The molecule has 3 aromatic rings. The van der Waals surface area contributed by atoms with Crippen molar-refractivity contribution in [3.8, 4) is 0 Å². The van der Waals surface area contributed by atoms with Crippen LogP contribution in [0.5, 0.6) is 0 Å². The van der Waals surface area contributed by atoms with Crippen molar-refractivity contribution < 1.29 is 26.1 Å². The predicted molar refractivity (Wildman–Crippen MR) is 114 cm³/mol. The largest absolute Gasteiger partial charge is 0.416 e. The number of anilines is 1. The van der Waals surface area contributed by atoms with E-state index in [1.807, 2.05) is 0 Å². The Balaban J connectivity index is 1.60. The molecule has 0 aliphatic carbocycles. The van der Waals surface area contributed by atoms with Crippen LogP contribution in [0.4, 0.5) is 29.7 Å². The molecular weight excluding hydrogens is 465 g/mol. The number of aromatic nitrogens is 1. The fraction of sp³-hybridized carbons (Fsp3) is 0.350. The number of hydrogen-bond donors (Lipinski definition) is 1. The van der Waals surface area contributed by atoms with E-state index >= 15 is 0 Å². The van der Waals surface area contributed by atoms with Crippen LogP contribution in [0.1, 0.15) is 29.5 Å². The highest BCUT2D eigenvalue weighted by Crippen LogP contribution is 2.44. The Labute approximate surface area is 185 Å². The van der Waals surface area contributed by atoms with Crippen molar-refractivity contribution in [2.75, 3.05) is 18.0 Å². The van der Waals surface area contributed by atoms with Crippen LogP contribution in [0, 0.1) is 0 Å². The number of benzene rings is 2. The van der Waals surface area contributed by atoms with Crippen LogP contribution in [0.25, 0.3) is 10.2 Å². The maximum absolute atomic E-state index is 12.9. The molecule has 2 aliphatic heterocycles. The molecule has 2 aromatic carbocycles. The van der Waals surface area contributed by atoms with Gasteiger partial charge < -0.3 is 4.90 Å². The number of rotatable bonds is 3. The van der Waals surface area contributed by atoms with E-state index in [2.05, 4.69) is 20.1 Å². The number of fused-ring (bicyclic) bond motifs is 1. The van der Waals surface area contributed by atoms with Gasteiger partial charge in [0.05, 0.1) is 15.8 Å². The van der Waals surface area contributed by atoms with Gasteiger partial charge in [-0.2, -0.15) is 21.6 Å². The van der Waals surface area contributed by atoms with Crippen molar-refractivity contribution in [2.45, 2.75) is 36.8 Å². The van der Waals surface area contributed by atoms with E-state index in [1.165, 1.54) is 6.07 Å². The smallest absolute Gasteiger partial charge is 0.371 e. The first-order valence-corrected chi connectivity index (χ1v) is 12.2. The standard InChI is InChI=1S/C20H17F3N4O3S2/c21-20(22,23)12-5-6-14-16(10-12)31-19(24-14)26-25-15-9-11-3-1-7-27-8-2-4-13(17(11)27)18(15)32(28,29)30/h5-6,9-10H,1-4,7-8H2,(H,28,29,30). The molecule has 2 aliphatic rings. The van der Waals surface area contributed by atoms with Gasteiger partial charge >= 0.3 is 6.18 Å². The molecule has 0 saturated heterocycles. The van der Waals surface area contributed by atoms with E-state index in [9.17, 15) is 26.1 Å². The first-order chi connectivity index (χ1) is 15.1. The lowest BCUT2D eigenvalue weighted by Gasteiger charge is -2.37. The van der Waals surface area contributed by atoms with E-state index in [1.54, 1.807) is 6.07 Å². The topological polar surface area (TPSA) is 95.2 Å². The molecule has 0 saturated carbocycles. The lowest BCUT2D eigenvalue weighted by atomic mass is 9.91. The summed E-state index contributed by atoms with van der Waals surface area (Å²) in [5.41, 5.74) is 1.91. The van der Waals surface area contributed by atoms with Gasteiger partial charge in [0.1, 0.15) is 10.6 Å². The third-order valence-electron chi connectivity index (χ3n) is 5.66. The molecule has 0 spiro atoms. The summed E-state index contributed by atoms with van der Waals surface area (Å²) in [6.07, 6.45) is -1.53. The van der Waals surface area contributed by atoms with Crippen molar-refractivity contribution >= 4 is 48.2 Å². The van der Waals surface area contributed by atoms with Crippen molar-refractivity contribution in [3.05, 3.63) is 41.0 Å². The second-order valence-corrected chi connectivity index (χ2v) is 10.1. The van der Waals surface area contributed by atoms with Gasteiger partial charge in [0, 0.05) is 18.8 Å². The molecular formula is C20H17F3N4O3S2. The summed E-state index contributed by atoms with van der Waals surface area (Å²) in [4.78, 5) is 6.05. The maximum Gasteiger partial charge on any atom is 0.416 e. The molecule has 1 aromatic heterocycles. The van der Waals surface area contributed by atoms with E-state index in [4.69, 9.17) is 0 Å². The van der Waals surface area contributed by atoms with Crippen molar-refractivity contribution in [2.24, 2.45) is 10.2 Å². The molecule has 32 heavy (non-hydrogen) atoms. The monoisotopic (exact) mass is 482 g/mol. The predicted octanol–water partition coefficient (Wildman–Crippen LogP) is 5.68. The lowest BCUT2D eigenvalue weighted by Crippen LogP contribution is -2.35. The minimum Gasteiger partial charge on any atom is -0.371 e. The Morgan fingerprint density at radius 1 is 1.09 bits per heavy atom. The number of nitrogens with zero attached hydrogens (tertiary/aromatic N) is 4. The van der Waals surface area contributed by atoms with Gasteiger partial charge in [0.15, 0.2) is 0 Å². The van der Waals surface area contributed by atoms with E-state index in [0.717, 1.165) is 67.1 Å². The molecule has 168 valence electrons. The Kier molecular flexibility index (Phi) is 4.98. The number of halogens is 3. The van der Waals surface area contributed by atoms with Gasteiger partial charge in [-0.3, -0.25) is 4.55 Å². The zero-order chi connectivity index (χ0) is 22.7. The van der Waals surface area contributed by atoms with Crippen LogP contribution in [0.3, 0.4) is 0 Å². The number of thiazole rings is 1. The zero-order valence-corrected chi connectivity index (χ0v) is 18.2. The summed E-state index contributed by atoms with van der Waals surface area (Å²) < 4.78 is 73.6. The lowest BCUT2D eigenvalue weighted by molar-refractivity contribution is -0.137. The van der Waals surface area contributed by atoms with Gasteiger partial charge in [0.2, 0.25) is 5.13 Å². The highest BCUT2D eigenvalue weighted by molar-refractivity contribution is 7.86. The van der Waals surface area contributed by atoms with Crippen LogP contribution >= 0.6 is 11.3 Å². The van der Waals surface area contributed by atoms with Gasteiger partial charge in [-0.15, -0.1) is 10.2 Å². The second kappa shape index (κ2) is 7.49. The first kappa shape index (κ1) is 21.3. The molecule has 12 heteroatoms. The quantitative estimate of drug-likeness (QED) is 0.383. The van der Waals surface area contributed by atoms with Crippen molar-refractivity contribution in [1.29, 1.82) is 0 Å². The summed E-state index contributed by atoms with van der Waals surface area (Å²) in [5.74, 6) is 0. The minimum absolute atomic E-state index is 0.0141. The van der Waals surface area contributed by atoms with Gasteiger partial charge in [0.25, 0.3) is 10.1 Å². The normalized spacial score (nSPS) is 16.7. The minimum atomic E-state index is -4.57. The van der Waals surface area contributed by atoms with Crippen LogP contribution in [-0.4, -0.2) is 31.0 Å².